The molecule has 1 fully saturated rings. The van der Waals surface area contributed by atoms with E-state index >= 15 is 0 Å². The highest BCUT2D eigenvalue weighted by atomic mass is 16.2. The van der Waals surface area contributed by atoms with Crippen LogP contribution in [0.25, 0.3) is 16.6 Å². The van der Waals surface area contributed by atoms with Crippen molar-refractivity contribution in [2.75, 3.05) is 18.8 Å². The maximum Gasteiger partial charge on any atom is 0.219 e. The molecule has 0 atom stereocenters. The van der Waals surface area contributed by atoms with Gasteiger partial charge in [-0.25, -0.2) is 9.50 Å². The molecule has 1 aliphatic rings. The number of amides is 1. The number of carbonyl (C=O) groups excluding carboxylic acids is 2. The predicted molar refractivity (Wildman–Crippen MR) is 136 cm³/mol. The number of fused-ring (bicyclic) bond motifs is 1. The minimum atomic E-state index is 0.111. The van der Waals surface area contributed by atoms with Gasteiger partial charge in [0.15, 0.2) is 11.6 Å². The highest BCUT2D eigenvalue weighted by Gasteiger charge is 2.26. The van der Waals surface area contributed by atoms with Crippen molar-refractivity contribution in [1.82, 2.24) is 19.5 Å². The summed E-state index contributed by atoms with van der Waals surface area (Å²) in [4.78, 5) is 30.9. The molecular weight excluding hydrogens is 438 g/mol. The van der Waals surface area contributed by atoms with E-state index in [9.17, 15) is 9.59 Å². The van der Waals surface area contributed by atoms with Crippen LogP contribution in [0.2, 0.25) is 0 Å². The fourth-order valence-electron chi connectivity index (χ4n) is 5.00. The maximum atomic E-state index is 13.0. The smallest absolute Gasteiger partial charge is 0.219 e. The molecule has 178 valence electrons. The third-order valence-electron chi connectivity index (χ3n) is 6.95. The van der Waals surface area contributed by atoms with E-state index in [1.165, 1.54) is 6.33 Å². The number of aryl methyl sites for hydroxylation is 1. The van der Waals surface area contributed by atoms with Gasteiger partial charge < -0.3 is 10.6 Å². The Morgan fingerprint density at radius 2 is 1.80 bits per heavy atom. The Labute approximate surface area is 204 Å². The quantitative estimate of drug-likeness (QED) is 0.421. The van der Waals surface area contributed by atoms with Gasteiger partial charge >= 0.3 is 0 Å². The van der Waals surface area contributed by atoms with Crippen LogP contribution in [0.4, 0.5) is 5.82 Å². The number of benzene rings is 2. The third-order valence-corrected chi connectivity index (χ3v) is 6.95. The van der Waals surface area contributed by atoms with E-state index in [0.29, 0.717) is 24.2 Å². The number of nitrogens with two attached hydrogens (primary N) is 1. The molecule has 0 unspecified atom stereocenters. The number of nitrogen functional groups attached to an aromatic ring is 1. The zero-order valence-electron chi connectivity index (χ0n) is 19.9. The Morgan fingerprint density at radius 1 is 1.03 bits per heavy atom. The molecule has 7 heteroatoms. The number of hydrogen-bond acceptors (Lipinski definition) is 5. The largest absolute Gasteiger partial charge is 0.382 e. The molecule has 2 aromatic heterocycles. The number of likely N-dealkylation sites (tertiary alicyclic amines) is 1. The van der Waals surface area contributed by atoms with Gasteiger partial charge in [-0.3, -0.25) is 9.59 Å². The molecule has 1 saturated heterocycles. The molecule has 0 aliphatic carbocycles. The molecule has 1 aliphatic heterocycles. The molecule has 1 amide bonds. The summed E-state index contributed by atoms with van der Waals surface area (Å²) < 4.78 is 1.88. The van der Waals surface area contributed by atoms with Gasteiger partial charge in [-0.05, 0) is 42.5 Å². The molecule has 0 saturated carbocycles. The van der Waals surface area contributed by atoms with Crippen molar-refractivity contribution in [2.24, 2.45) is 0 Å². The summed E-state index contributed by atoms with van der Waals surface area (Å²) in [6.45, 7) is 3.08. The van der Waals surface area contributed by atoms with Gasteiger partial charge in [0.05, 0.1) is 0 Å². The maximum absolute atomic E-state index is 13.0. The summed E-state index contributed by atoms with van der Waals surface area (Å²) in [6.07, 6.45) is 4.38. The fraction of sp³-hybridized carbons (Fsp3) is 0.286. The highest BCUT2D eigenvalue weighted by molar-refractivity contribution is 5.98. The number of hydrogen-bond donors (Lipinski definition) is 1. The van der Waals surface area contributed by atoms with Crippen LogP contribution in [-0.4, -0.2) is 44.3 Å². The molecule has 35 heavy (non-hydrogen) atoms. The minimum absolute atomic E-state index is 0.111. The average molecular weight is 468 g/mol. The predicted octanol–water partition coefficient (Wildman–Crippen LogP) is 4.52. The van der Waals surface area contributed by atoms with Crippen molar-refractivity contribution >= 4 is 23.0 Å². The number of aromatic nitrogens is 3. The lowest BCUT2D eigenvalue weighted by Crippen LogP contribution is -2.36. The summed E-state index contributed by atoms with van der Waals surface area (Å²) >= 11 is 0. The van der Waals surface area contributed by atoms with Crippen LogP contribution >= 0.6 is 0 Å². The molecule has 3 heterocycles. The van der Waals surface area contributed by atoms with Crippen LogP contribution in [0.1, 0.15) is 53.7 Å². The molecule has 0 spiro atoms. The van der Waals surface area contributed by atoms with E-state index in [-0.39, 0.29) is 17.6 Å². The first kappa shape index (κ1) is 22.8. The van der Waals surface area contributed by atoms with Crippen molar-refractivity contribution in [3.05, 3.63) is 83.8 Å². The Bertz CT molecular complexity index is 1370. The second-order valence-corrected chi connectivity index (χ2v) is 9.16. The molecule has 2 N–H and O–H groups in total. The van der Waals surface area contributed by atoms with Crippen molar-refractivity contribution in [3.63, 3.8) is 0 Å². The first-order chi connectivity index (χ1) is 17.0. The third kappa shape index (κ3) is 4.67. The van der Waals surface area contributed by atoms with E-state index in [1.54, 1.807) is 6.92 Å². The summed E-state index contributed by atoms with van der Waals surface area (Å²) in [5.41, 5.74) is 11.8. The number of rotatable bonds is 6. The molecule has 5 rings (SSSR count). The van der Waals surface area contributed by atoms with Gasteiger partial charge in [-0.1, -0.05) is 48.5 Å². The highest BCUT2D eigenvalue weighted by Crippen LogP contribution is 2.37. The van der Waals surface area contributed by atoms with Crippen LogP contribution < -0.4 is 5.73 Å². The van der Waals surface area contributed by atoms with Crippen LogP contribution in [0.3, 0.4) is 0 Å². The second kappa shape index (κ2) is 9.70. The van der Waals surface area contributed by atoms with Crippen molar-refractivity contribution in [3.8, 4) is 11.1 Å². The van der Waals surface area contributed by atoms with Crippen molar-refractivity contribution < 1.29 is 9.59 Å². The normalized spacial score (nSPS) is 14.4. The number of Topliss-reactive ketones (excluding diaryl/α,β-unsaturated/α-hetero) is 1. The van der Waals surface area contributed by atoms with Crippen LogP contribution in [0, 0.1) is 0 Å². The topological polar surface area (TPSA) is 93.6 Å². The zero-order chi connectivity index (χ0) is 24.4. The van der Waals surface area contributed by atoms with Gasteiger partial charge in [0.25, 0.3) is 0 Å². The number of ketones is 1. The molecule has 4 aromatic rings. The molecule has 0 radical (unpaired) electrons. The van der Waals surface area contributed by atoms with Crippen LogP contribution in [0.15, 0.2) is 67.0 Å². The number of carbonyl (C=O) groups is 2. The first-order valence-corrected chi connectivity index (χ1v) is 12.1. The number of anilines is 1. The number of piperidine rings is 1. The monoisotopic (exact) mass is 467 g/mol. The fourth-order valence-corrected chi connectivity index (χ4v) is 5.00. The van der Waals surface area contributed by atoms with E-state index in [2.05, 4.69) is 16.1 Å². The lowest BCUT2D eigenvalue weighted by Gasteiger charge is -2.31. The van der Waals surface area contributed by atoms with Gasteiger partial charge in [0.1, 0.15) is 11.8 Å². The van der Waals surface area contributed by atoms with Gasteiger partial charge in [-0.15, -0.1) is 0 Å². The van der Waals surface area contributed by atoms with Crippen molar-refractivity contribution in [2.45, 2.75) is 38.5 Å². The van der Waals surface area contributed by atoms with Crippen molar-refractivity contribution in [1.29, 1.82) is 0 Å². The number of nitrogens with zero attached hydrogens (tertiary/aromatic N) is 4. The van der Waals surface area contributed by atoms with E-state index in [0.717, 1.165) is 53.8 Å². The van der Waals surface area contributed by atoms with Crippen LogP contribution in [-0.2, 0) is 11.2 Å². The minimum Gasteiger partial charge on any atom is -0.382 e. The summed E-state index contributed by atoms with van der Waals surface area (Å²) in [7, 11) is 0. The Balaban J connectivity index is 1.45. The standard InChI is InChI=1S/C28H29N5O2/c1-19(34)32-14-12-21(13-15-32)25-17-24(27-28(29)30-18-31-33(25)27)22-8-5-9-23(16-22)26(35)11-10-20-6-3-2-4-7-20/h2-9,16-18,21H,10-15H2,1H3,(H2,29,30,31). The first-order valence-electron chi connectivity index (χ1n) is 12.1. The Kier molecular flexibility index (Phi) is 6.31. The van der Waals surface area contributed by atoms with Gasteiger partial charge in [0.2, 0.25) is 5.91 Å². The summed E-state index contributed by atoms with van der Waals surface area (Å²) in [5, 5.41) is 4.52. The lowest BCUT2D eigenvalue weighted by molar-refractivity contribution is -0.129. The molecule has 7 nitrogen and oxygen atoms in total. The lowest BCUT2D eigenvalue weighted by atomic mass is 9.92. The Hall–Kier alpha value is -4.00. The second-order valence-electron chi connectivity index (χ2n) is 9.16. The van der Waals surface area contributed by atoms with Crippen LogP contribution in [0.5, 0.6) is 0 Å². The van der Waals surface area contributed by atoms with E-state index < -0.39 is 0 Å². The van der Waals surface area contributed by atoms with Gasteiger partial charge in [0, 0.05) is 49.2 Å². The SMILES string of the molecule is CC(=O)N1CCC(c2cc(-c3cccc(C(=O)CCc4ccccc4)c3)c3c(N)ncnn23)CC1. The summed E-state index contributed by atoms with van der Waals surface area (Å²) in [5.74, 6) is 0.893. The molecular formula is C28H29N5O2. The molecule has 2 aromatic carbocycles. The Morgan fingerprint density at radius 3 is 2.54 bits per heavy atom. The van der Waals surface area contributed by atoms with Gasteiger partial charge in [-0.2, -0.15) is 5.10 Å². The van der Waals surface area contributed by atoms with E-state index in [4.69, 9.17) is 5.73 Å². The zero-order valence-corrected chi connectivity index (χ0v) is 19.9. The van der Waals surface area contributed by atoms with E-state index in [1.807, 2.05) is 64.0 Å². The summed E-state index contributed by atoms with van der Waals surface area (Å²) in [6, 6.07) is 19.9. The molecule has 0 bridgehead atoms. The average Bonchev–Trinajstić information content (AvgIpc) is 3.29.